The Hall–Kier alpha value is -2.97. The summed E-state index contributed by atoms with van der Waals surface area (Å²) in [7, 11) is 0. The Morgan fingerprint density at radius 1 is 1.22 bits per heavy atom. The number of benzene rings is 2. The topological polar surface area (TPSA) is 91.3 Å². The van der Waals surface area contributed by atoms with Crippen molar-refractivity contribution in [3.05, 3.63) is 47.0 Å². The Balaban J connectivity index is 1.41. The summed E-state index contributed by atoms with van der Waals surface area (Å²) >= 11 is 6.20. The largest absolute Gasteiger partial charge is 0.511 e. The van der Waals surface area contributed by atoms with Crippen LogP contribution in [-0.2, 0) is 11.3 Å². The average molecular weight is 460 g/mol. The summed E-state index contributed by atoms with van der Waals surface area (Å²) in [5.74, 6) is 0.781. The van der Waals surface area contributed by atoms with Gasteiger partial charge in [-0.1, -0.05) is 17.7 Å². The second kappa shape index (κ2) is 9.67. The van der Waals surface area contributed by atoms with Gasteiger partial charge in [-0.25, -0.2) is 4.79 Å². The molecular weight excluding hydrogens is 434 g/mol. The molecule has 0 aromatic heterocycles. The summed E-state index contributed by atoms with van der Waals surface area (Å²) in [6.07, 6.45) is 0.461. The van der Waals surface area contributed by atoms with Crippen molar-refractivity contribution in [1.82, 2.24) is 4.90 Å². The predicted molar refractivity (Wildman–Crippen MR) is 122 cm³/mol. The van der Waals surface area contributed by atoms with E-state index in [9.17, 15) is 9.59 Å². The molecule has 0 atom stereocenters. The van der Waals surface area contributed by atoms with Gasteiger partial charge in [-0.05, 0) is 49.6 Å². The monoisotopic (exact) mass is 459 g/mol. The van der Waals surface area contributed by atoms with E-state index in [1.165, 1.54) is 0 Å². The van der Waals surface area contributed by atoms with Crippen molar-refractivity contribution in [2.75, 3.05) is 36.5 Å². The fourth-order valence-corrected chi connectivity index (χ4v) is 4.52. The molecular formula is C23H26ClN3O5. The van der Waals surface area contributed by atoms with Gasteiger partial charge in [0.25, 0.3) is 0 Å². The van der Waals surface area contributed by atoms with Crippen LogP contribution >= 0.6 is 11.6 Å². The number of fused-ring (bicyclic) bond motifs is 1. The molecule has 0 unspecified atom stereocenters. The van der Waals surface area contributed by atoms with Gasteiger partial charge in [0.15, 0.2) is 0 Å². The zero-order valence-corrected chi connectivity index (χ0v) is 18.6. The number of carboxylic acid groups (broad SMARTS) is 1. The smallest absolute Gasteiger partial charge is 0.492 e. The maximum absolute atomic E-state index is 12.3. The number of likely N-dealkylation sites (tertiary alicyclic amines) is 1. The maximum atomic E-state index is 12.3. The molecule has 2 aromatic carbocycles. The third kappa shape index (κ3) is 5.08. The van der Waals surface area contributed by atoms with Crippen molar-refractivity contribution in [1.29, 1.82) is 0 Å². The number of nitrogens with zero attached hydrogens (tertiary/aromatic N) is 2. The number of halogens is 1. The molecule has 0 radical (unpaired) electrons. The van der Waals surface area contributed by atoms with Gasteiger partial charge < -0.3 is 24.8 Å². The van der Waals surface area contributed by atoms with Gasteiger partial charge in [0.1, 0.15) is 11.5 Å². The highest BCUT2D eigenvalue weighted by Crippen LogP contribution is 2.36. The average Bonchev–Trinajstić information content (AvgIpc) is 2.75. The van der Waals surface area contributed by atoms with Gasteiger partial charge in [-0.2, -0.15) is 0 Å². The van der Waals surface area contributed by atoms with Gasteiger partial charge in [-0.15, -0.1) is 0 Å². The molecule has 8 nitrogen and oxygen atoms in total. The summed E-state index contributed by atoms with van der Waals surface area (Å²) < 4.78 is 10.3. The molecule has 32 heavy (non-hydrogen) atoms. The van der Waals surface area contributed by atoms with Gasteiger partial charge in [0.2, 0.25) is 5.91 Å². The lowest BCUT2D eigenvalue weighted by Gasteiger charge is -2.42. The summed E-state index contributed by atoms with van der Waals surface area (Å²) in [6, 6.07) is 11.1. The first-order valence-electron chi connectivity index (χ1n) is 10.7. The van der Waals surface area contributed by atoms with Crippen molar-refractivity contribution in [3.63, 3.8) is 0 Å². The third-order valence-electron chi connectivity index (χ3n) is 5.77. The van der Waals surface area contributed by atoms with Crippen LogP contribution in [0.4, 0.5) is 16.2 Å². The predicted octanol–water partition coefficient (Wildman–Crippen LogP) is 4.22. The minimum absolute atomic E-state index is 0.114. The number of hydrogen-bond acceptors (Lipinski definition) is 6. The second-order valence-electron chi connectivity index (χ2n) is 7.93. The van der Waals surface area contributed by atoms with Gasteiger partial charge >= 0.3 is 6.16 Å². The molecule has 4 rings (SSSR count). The van der Waals surface area contributed by atoms with Crippen LogP contribution in [-0.4, -0.2) is 54.4 Å². The lowest BCUT2D eigenvalue weighted by molar-refractivity contribution is -0.115. The van der Waals surface area contributed by atoms with Crippen molar-refractivity contribution >= 4 is 35.0 Å². The number of carbonyl (C=O) groups excluding carboxylic acids is 1. The Morgan fingerprint density at radius 2 is 2.00 bits per heavy atom. The van der Waals surface area contributed by atoms with Crippen LogP contribution in [0.15, 0.2) is 36.4 Å². The van der Waals surface area contributed by atoms with Crippen LogP contribution in [0, 0.1) is 0 Å². The highest BCUT2D eigenvalue weighted by atomic mass is 35.5. The van der Waals surface area contributed by atoms with E-state index in [0.29, 0.717) is 23.1 Å². The van der Waals surface area contributed by atoms with Crippen molar-refractivity contribution in [2.24, 2.45) is 0 Å². The summed E-state index contributed by atoms with van der Waals surface area (Å²) in [5, 5.41) is 12.3. The van der Waals surface area contributed by atoms with Crippen molar-refractivity contribution in [3.8, 4) is 11.5 Å². The second-order valence-corrected chi connectivity index (χ2v) is 8.34. The van der Waals surface area contributed by atoms with Crippen LogP contribution in [0.2, 0.25) is 5.02 Å². The number of carbonyl (C=O) groups is 2. The van der Waals surface area contributed by atoms with E-state index in [4.69, 9.17) is 26.2 Å². The molecule has 0 aliphatic carbocycles. The van der Waals surface area contributed by atoms with Crippen LogP contribution < -0.4 is 19.7 Å². The van der Waals surface area contributed by atoms with Crippen LogP contribution in [0.1, 0.15) is 25.3 Å². The standard InChI is InChI=1S/C23H26ClN3O5/c1-2-31-21-11-15(3-5-18(21)24)13-26-9-7-16(8-10-26)27-14-22(28)25-19-12-17(32-23(29)30)4-6-20(19)27/h3-6,11-12,16H,2,7-10,13-14H2,1H3,(H,25,28)(H,29,30). The molecule has 2 aliphatic rings. The minimum Gasteiger partial charge on any atom is -0.492 e. The molecule has 0 saturated carbocycles. The van der Waals surface area contributed by atoms with Gasteiger partial charge in [0, 0.05) is 31.7 Å². The summed E-state index contributed by atoms with van der Waals surface area (Å²) in [4.78, 5) is 27.6. The van der Waals surface area contributed by atoms with E-state index in [1.54, 1.807) is 12.1 Å². The first-order valence-corrected chi connectivity index (χ1v) is 11.1. The normalized spacial score (nSPS) is 16.9. The van der Waals surface area contributed by atoms with E-state index < -0.39 is 6.16 Å². The molecule has 2 aromatic rings. The molecule has 0 spiro atoms. The van der Waals surface area contributed by atoms with Crippen molar-refractivity contribution in [2.45, 2.75) is 32.4 Å². The van der Waals surface area contributed by atoms with Gasteiger partial charge in [0.05, 0.1) is 29.5 Å². The number of ether oxygens (including phenoxy) is 2. The number of nitrogens with one attached hydrogen (secondary N) is 1. The SMILES string of the molecule is CCOc1cc(CN2CCC(N3CC(=O)Nc4cc(OC(=O)O)ccc43)CC2)ccc1Cl. The van der Waals surface area contributed by atoms with Gasteiger partial charge in [-0.3, -0.25) is 9.69 Å². The molecule has 2 N–H and O–H groups in total. The number of amides is 1. The van der Waals surface area contributed by atoms with Crippen molar-refractivity contribution < 1.29 is 24.2 Å². The molecule has 1 saturated heterocycles. The number of hydrogen-bond donors (Lipinski definition) is 2. The van der Waals surface area contributed by atoms with E-state index in [2.05, 4.69) is 15.1 Å². The molecule has 2 aliphatic heterocycles. The van der Waals surface area contributed by atoms with E-state index >= 15 is 0 Å². The molecule has 170 valence electrons. The quantitative estimate of drug-likeness (QED) is 0.493. The van der Waals surface area contributed by atoms with Crippen LogP contribution in [0.3, 0.4) is 0 Å². The molecule has 9 heteroatoms. The number of piperidine rings is 1. The molecule has 0 bridgehead atoms. The first-order chi connectivity index (χ1) is 15.4. The lowest BCUT2D eigenvalue weighted by atomic mass is 10.00. The van der Waals surface area contributed by atoms with E-state index in [-0.39, 0.29) is 24.2 Å². The highest BCUT2D eigenvalue weighted by Gasteiger charge is 2.31. The maximum Gasteiger partial charge on any atom is 0.511 e. The summed E-state index contributed by atoms with van der Waals surface area (Å²) in [5.41, 5.74) is 2.62. The zero-order valence-electron chi connectivity index (χ0n) is 17.8. The van der Waals surface area contributed by atoms with Crippen LogP contribution in [0.25, 0.3) is 0 Å². The Kier molecular flexibility index (Phi) is 6.72. The first kappa shape index (κ1) is 22.2. The fraction of sp³-hybridized carbons (Fsp3) is 0.391. The minimum atomic E-state index is -1.38. The van der Waals surface area contributed by atoms with Crippen LogP contribution in [0.5, 0.6) is 11.5 Å². The lowest BCUT2D eigenvalue weighted by Crippen LogP contribution is -2.49. The Labute approximate surface area is 191 Å². The zero-order chi connectivity index (χ0) is 22.7. The summed E-state index contributed by atoms with van der Waals surface area (Å²) in [6.45, 7) is 5.43. The third-order valence-corrected chi connectivity index (χ3v) is 6.08. The fourth-order valence-electron chi connectivity index (χ4n) is 4.35. The Bertz CT molecular complexity index is 1010. The van der Waals surface area contributed by atoms with E-state index in [0.717, 1.165) is 43.7 Å². The molecule has 1 fully saturated rings. The number of rotatable bonds is 6. The highest BCUT2D eigenvalue weighted by molar-refractivity contribution is 6.32. The Morgan fingerprint density at radius 3 is 2.72 bits per heavy atom. The molecule has 1 amide bonds. The number of anilines is 2. The van der Waals surface area contributed by atoms with E-state index in [1.807, 2.05) is 31.2 Å². The molecule has 2 heterocycles.